The topological polar surface area (TPSA) is 64.4 Å². The Balaban J connectivity index is 1.54. The lowest BCUT2D eigenvalue weighted by Crippen LogP contribution is -2.41. The Labute approximate surface area is 169 Å². The van der Waals surface area contributed by atoms with E-state index in [-0.39, 0.29) is 24.1 Å². The van der Waals surface area contributed by atoms with Crippen LogP contribution < -0.4 is 10.3 Å². The molecule has 0 spiro atoms. The second kappa shape index (κ2) is 8.07. The van der Waals surface area contributed by atoms with Gasteiger partial charge in [-0.15, -0.1) is 0 Å². The van der Waals surface area contributed by atoms with Crippen LogP contribution >= 0.6 is 0 Å². The van der Waals surface area contributed by atoms with Crippen molar-refractivity contribution in [1.82, 2.24) is 14.7 Å². The zero-order valence-electron chi connectivity index (χ0n) is 16.8. The molecule has 0 bridgehead atoms. The summed E-state index contributed by atoms with van der Waals surface area (Å²) in [6, 6.07) is 15.5. The van der Waals surface area contributed by atoms with Gasteiger partial charge in [-0.25, -0.2) is 4.68 Å². The number of aryl methyl sites for hydroxylation is 1. The highest BCUT2D eigenvalue weighted by molar-refractivity contribution is 5.83. The Morgan fingerprint density at radius 2 is 1.97 bits per heavy atom. The predicted molar refractivity (Wildman–Crippen MR) is 112 cm³/mol. The molecule has 1 atom stereocenters. The summed E-state index contributed by atoms with van der Waals surface area (Å²) in [5, 5.41) is 5.82. The maximum Gasteiger partial charge on any atom is 0.275 e. The van der Waals surface area contributed by atoms with Crippen LogP contribution in [0.2, 0.25) is 0 Å². The van der Waals surface area contributed by atoms with Crippen LogP contribution in [0, 0.1) is 6.92 Å². The van der Waals surface area contributed by atoms with Crippen molar-refractivity contribution in [3.8, 4) is 5.75 Å². The third-order valence-corrected chi connectivity index (χ3v) is 5.64. The fraction of sp³-hybridized carbons (Fsp3) is 0.348. The Morgan fingerprint density at radius 1 is 1.17 bits per heavy atom. The van der Waals surface area contributed by atoms with Crippen LogP contribution in [0.15, 0.2) is 53.3 Å². The van der Waals surface area contributed by atoms with Crippen LogP contribution in [0.25, 0.3) is 10.8 Å². The SMILES string of the molecule is COc1cccc(CC2CCCN2C(=O)Cn2nc(C)c3ccccc3c2=O)c1. The number of nitrogens with zero attached hydrogens (tertiary/aromatic N) is 3. The van der Waals surface area contributed by atoms with Gasteiger partial charge in [0, 0.05) is 18.0 Å². The van der Waals surface area contributed by atoms with Gasteiger partial charge in [-0.3, -0.25) is 9.59 Å². The molecule has 1 amide bonds. The molecule has 1 aliphatic heterocycles. The van der Waals surface area contributed by atoms with Crippen molar-refractivity contribution in [2.75, 3.05) is 13.7 Å². The average molecular weight is 391 g/mol. The number of likely N-dealkylation sites (tertiary alicyclic amines) is 1. The Kier molecular flexibility index (Phi) is 5.34. The van der Waals surface area contributed by atoms with Crippen molar-refractivity contribution < 1.29 is 9.53 Å². The summed E-state index contributed by atoms with van der Waals surface area (Å²) in [5.41, 5.74) is 1.68. The summed E-state index contributed by atoms with van der Waals surface area (Å²) < 4.78 is 6.61. The number of methoxy groups -OCH3 is 1. The molecule has 1 aromatic heterocycles. The summed E-state index contributed by atoms with van der Waals surface area (Å²) in [6.07, 6.45) is 2.71. The van der Waals surface area contributed by atoms with E-state index in [1.54, 1.807) is 13.2 Å². The summed E-state index contributed by atoms with van der Waals surface area (Å²) in [7, 11) is 1.65. The molecular weight excluding hydrogens is 366 g/mol. The van der Waals surface area contributed by atoms with E-state index >= 15 is 0 Å². The van der Waals surface area contributed by atoms with Crippen LogP contribution in [0.3, 0.4) is 0 Å². The molecule has 4 rings (SSSR count). The number of carbonyl (C=O) groups is 1. The van der Waals surface area contributed by atoms with Crippen molar-refractivity contribution >= 4 is 16.7 Å². The minimum absolute atomic E-state index is 0.0287. The highest BCUT2D eigenvalue weighted by Crippen LogP contribution is 2.23. The van der Waals surface area contributed by atoms with Gasteiger partial charge in [-0.1, -0.05) is 30.3 Å². The van der Waals surface area contributed by atoms with Gasteiger partial charge in [-0.2, -0.15) is 5.10 Å². The molecule has 2 heterocycles. The predicted octanol–water partition coefficient (Wildman–Crippen LogP) is 2.95. The monoisotopic (exact) mass is 391 g/mol. The lowest BCUT2D eigenvalue weighted by atomic mass is 10.0. The van der Waals surface area contributed by atoms with E-state index in [2.05, 4.69) is 11.2 Å². The minimum atomic E-state index is -0.219. The average Bonchev–Trinajstić information content (AvgIpc) is 3.20. The molecule has 29 heavy (non-hydrogen) atoms. The number of fused-ring (bicyclic) bond motifs is 1. The zero-order chi connectivity index (χ0) is 20.4. The number of hydrogen-bond donors (Lipinski definition) is 0. The Hall–Kier alpha value is -3.15. The van der Waals surface area contributed by atoms with Gasteiger partial charge < -0.3 is 9.64 Å². The van der Waals surface area contributed by atoms with Gasteiger partial charge >= 0.3 is 0 Å². The van der Waals surface area contributed by atoms with Gasteiger partial charge in [0.25, 0.3) is 5.56 Å². The van der Waals surface area contributed by atoms with Gasteiger partial charge in [-0.05, 0) is 49.9 Å². The van der Waals surface area contributed by atoms with Crippen LogP contribution in [0.1, 0.15) is 24.1 Å². The first-order valence-corrected chi connectivity index (χ1v) is 9.95. The number of carbonyl (C=O) groups excluding carboxylic acids is 1. The highest BCUT2D eigenvalue weighted by Gasteiger charge is 2.29. The van der Waals surface area contributed by atoms with Crippen molar-refractivity contribution in [1.29, 1.82) is 0 Å². The number of ether oxygens (including phenoxy) is 1. The van der Waals surface area contributed by atoms with Gasteiger partial charge in [0.05, 0.1) is 18.2 Å². The largest absolute Gasteiger partial charge is 0.497 e. The summed E-state index contributed by atoms with van der Waals surface area (Å²) in [5.74, 6) is 0.764. The van der Waals surface area contributed by atoms with Gasteiger partial charge in [0.2, 0.25) is 5.91 Å². The molecule has 6 nitrogen and oxygen atoms in total. The number of aromatic nitrogens is 2. The quantitative estimate of drug-likeness (QED) is 0.671. The molecule has 1 aliphatic rings. The normalized spacial score (nSPS) is 16.3. The molecule has 0 radical (unpaired) electrons. The van der Waals surface area contributed by atoms with E-state index in [0.717, 1.165) is 48.2 Å². The van der Waals surface area contributed by atoms with Crippen LogP contribution in [0.4, 0.5) is 0 Å². The van der Waals surface area contributed by atoms with E-state index in [1.165, 1.54) is 4.68 Å². The van der Waals surface area contributed by atoms with Crippen molar-refractivity contribution in [3.63, 3.8) is 0 Å². The smallest absolute Gasteiger partial charge is 0.275 e. The lowest BCUT2D eigenvalue weighted by Gasteiger charge is -2.25. The summed E-state index contributed by atoms with van der Waals surface area (Å²) >= 11 is 0. The van der Waals surface area contributed by atoms with Crippen LogP contribution in [-0.2, 0) is 17.8 Å². The molecule has 3 aromatic rings. The third kappa shape index (κ3) is 3.88. The molecular formula is C23H25N3O3. The number of hydrogen-bond acceptors (Lipinski definition) is 4. The second-order valence-corrected chi connectivity index (χ2v) is 7.53. The summed E-state index contributed by atoms with van der Waals surface area (Å²) in [4.78, 5) is 27.7. The molecule has 2 aromatic carbocycles. The lowest BCUT2D eigenvalue weighted by molar-refractivity contribution is -0.132. The van der Waals surface area contributed by atoms with Crippen LogP contribution in [0.5, 0.6) is 5.75 Å². The first-order chi connectivity index (χ1) is 14.1. The standard InChI is InChI=1S/C23H25N3O3/c1-16-20-10-3-4-11-21(20)23(28)26(24-16)15-22(27)25-12-6-8-18(25)13-17-7-5-9-19(14-17)29-2/h3-5,7,9-11,14,18H,6,8,12-13,15H2,1-2H3. The van der Waals surface area contributed by atoms with Crippen molar-refractivity contribution in [3.05, 3.63) is 70.1 Å². The zero-order valence-corrected chi connectivity index (χ0v) is 16.8. The minimum Gasteiger partial charge on any atom is -0.497 e. The van der Waals surface area contributed by atoms with E-state index in [4.69, 9.17) is 4.74 Å². The molecule has 0 N–H and O–H groups in total. The fourth-order valence-corrected chi connectivity index (χ4v) is 4.18. The van der Waals surface area contributed by atoms with E-state index in [0.29, 0.717) is 5.39 Å². The van der Waals surface area contributed by atoms with Crippen molar-refractivity contribution in [2.45, 2.75) is 38.8 Å². The molecule has 1 fully saturated rings. The molecule has 0 saturated carbocycles. The maximum atomic E-state index is 13.0. The molecule has 150 valence electrons. The first-order valence-electron chi connectivity index (χ1n) is 9.95. The van der Waals surface area contributed by atoms with Gasteiger partial charge in [0.15, 0.2) is 0 Å². The number of amides is 1. The van der Waals surface area contributed by atoms with Gasteiger partial charge in [0.1, 0.15) is 12.3 Å². The van der Waals surface area contributed by atoms with Crippen molar-refractivity contribution in [2.24, 2.45) is 0 Å². The maximum absolute atomic E-state index is 13.0. The molecule has 0 aliphatic carbocycles. The van der Waals surface area contributed by atoms with E-state index in [1.807, 2.05) is 48.2 Å². The fourth-order valence-electron chi connectivity index (χ4n) is 4.18. The van der Waals surface area contributed by atoms with E-state index < -0.39 is 0 Å². The number of rotatable bonds is 5. The number of benzene rings is 2. The Bertz CT molecular complexity index is 1110. The van der Waals surface area contributed by atoms with E-state index in [9.17, 15) is 9.59 Å². The summed E-state index contributed by atoms with van der Waals surface area (Å²) in [6.45, 7) is 2.55. The highest BCUT2D eigenvalue weighted by atomic mass is 16.5. The molecule has 6 heteroatoms. The molecule has 1 unspecified atom stereocenters. The third-order valence-electron chi connectivity index (χ3n) is 5.64. The van der Waals surface area contributed by atoms with Crippen LogP contribution in [-0.4, -0.2) is 40.3 Å². The molecule has 1 saturated heterocycles. The first kappa shape index (κ1) is 19.2. The Morgan fingerprint density at radius 3 is 2.76 bits per heavy atom. The second-order valence-electron chi connectivity index (χ2n) is 7.53.